The van der Waals surface area contributed by atoms with E-state index in [0.717, 1.165) is 65.9 Å². The predicted octanol–water partition coefficient (Wildman–Crippen LogP) is 5.32. The number of ether oxygens (including phenoxy) is 1. The van der Waals surface area contributed by atoms with Crippen LogP contribution in [0.4, 0.5) is 5.95 Å². The van der Waals surface area contributed by atoms with E-state index in [4.69, 9.17) is 14.7 Å². The molecule has 6 heteroatoms. The van der Waals surface area contributed by atoms with E-state index in [1.165, 1.54) is 5.56 Å². The number of amides is 1. The summed E-state index contributed by atoms with van der Waals surface area (Å²) in [5, 5.41) is 0. The zero-order valence-corrected chi connectivity index (χ0v) is 20.3. The Morgan fingerprint density at radius 3 is 2.44 bits per heavy atom. The van der Waals surface area contributed by atoms with E-state index in [-0.39, 0.29) is 5.91 Å². The van der Waals surface area contributed by atoms with Crippen molar-refractivity contribution in [2.75, 3.05) is 24.5 Å². The summed E-state index contributed by atoms with van der Waals surface area (Å²) in [6.07, 6.45) is 2.98. The first kappa shape index (κ1) is 22.4. The van der Waals surface area contributed by atoms with Crippen molar-refractivity contribution in [2.45, 2.75) is 46.6 Å². The van der Waals surface area contributed by atoms with E-state index in [1.54, 1.807) is 0 Å². The molecule has 0 spiro atoms. The van der Waals surface area contributed by atoms with Gasteiger partial charge in [-0.05, 0) is 56.4 Å². The van der Waals surface area contributed by atoms with Gasteiger partial charge < -0.3 is 14.5 Å². The maximum Gasteiger partial charge on any atom is 0.254 e. The van der Waals surface area contributed by atoms with E-state index in [1.807, 2.05) is 60.4 Å². The van der Waals surface area contributed by atoms with Crippen LogP contribution in [0.1, 0.15) is 52.5 Å². The molecule has 0 unspecified atom stereocenters. The number of rotatable bonds is 4. The number of carbonyl (C=O) groups excluding carboxylic acids is 1. The Morgan fingerprint density at radius 2 is 1.71 bits per heavy atom. The Kier molecular flexibility index (Phi) is 6.22. The molecule has 1 saturated heterocycles. The van der Waals surface area contributed by atoms with Gasteiger partial charge in [-0.15, -0.1) is 0 Å². The summed E-state index contributed by atoms with van der Waals surface area (Å²) in [6, 6.07) is 15.7. The SMILES string of the molecule is Cc1ccc(Oc2nc(N3CCC(C)CC3)nc3c2CN(C(=O)c2ccccc2C)CC3)cc1. The fourth-order valence-corrected chi connectivity index (χ4v) is 4.68. The third kappa shape index (κ3) is 4.63. The molecule has 6 nitrogen and oxygen atoms in total. The second-order valence-electron chi connectivity index (χ2n) is 9.63. The molecule has 0 atom stereocenters. The number of nitrogens with zero attached hydrogens (tertiary/aromatic N) is 4. The van der Waals surface area contributed by atoms with Crippen LogP contribution in [0.3, 0.4) is 0 Å². The second-order valence-corrected chi connectivity index (χ2v) is 9.63. The highest BCUT2D eigenvalue weighted by Gasteiger charge is 2.29. The van der Waals surface area contributed by atoms with Crippen molar-refractivity contribution in [2.24, 2.45) is 5.92 Å². The minimum Gasteiger partial charge on any atom is -0.438 e. The van der Waals surface area contributed by atoms with Crippen molar-refractivity contribution in [3.8, 4) is 11.6 Å². The van der Waals surface area contributed by atoms with E-state index < -0.39 is 0 Å². The van der Waals surface area contributed by atoms with E-state index in [9.17, 15) is 4.79 Å². The lowest BCUT2D eigenvalue weighted by molar-refractivity contribution is 0.0731. The van der Waals surface area contributed by atoms with Crippen LogP contribution in [0, 0.1) is 19.8 Å². The van der Waals surface area contributed by atoms with Crippen LogP contribution in [0.5, 0.6) is 11.6 Å². The summed E-state index contributed by atoms with van der Waals surface area (Å²) < 4.78 is 6.33. The topological polar surface area (TPSA) is 58.6 Å². The van der Waals surface area contributed by atoms with Gasteiger partial charge in [0.2, 0.25) is 11.8 Å². The van der Waals surface area contributed by atoms with Gasteiger partial charge >= 0.3 is 0 Å². The van der Waals surface area contributed by atoms with Crippen LogP contribution in [0.15, 0.2) is 48.5 Å². The quantitative estimate of drug-likeness (QED) is 0.532. The first-order chi connectivity index (χ1) is 16.5. The highest BCUT2D eigenvalue weighted by Crippen LogP contribution is 2.33. The summed E-state index contributed by atoms with van der Waals surface area (Å²) in [5.41, 5.74) is 4.80. The Bertz CT molecular complexity index is 1180. The first-order valence-corrected chi connectivity index (χ1v) is 12.2. The zero-order chi connectivity index (χ0) is 23.7. The number of aromatic nitrogens is 2. The number of hydrogen-bond acceptors (Lipinski definition) is 5. The normalized spacial score (nSPS) is 16.3. The number of benzene rings is 2. The van der Waals surface area contributed by atoms with Gasteiger partial charge in [0, 0.05) is 31.6 Å². The number of carbonyl (C=O) groups is 1. The highest BCUT2D eigenvalue weighted by atomic mass is 16.5. The monoisotopic (exact) mass is 456 g/mol. The fourth-order valence-electron chi connectivity index (χ4n) is 4.68. The standard InChI is InChI=1S/C28H32N4O2/c1-19-8-10-22(11-9-19)34-26-24-18-32(27(33)23-7-5-4-6-21(23)3)17-14-25(24)29-28(30-26)31-15-12-20(2)13-16-31/h4-11,20H,12-18H2,1-3H3. The van der Waals surface area contributed by atoms with Crippen LogP contribution in [0.25, 0.3) is 0 Å². The predicted molar refractivity (Wildman–Crippen MR) is 134 cm³/mol. The van der Waals surface area contributed by atoms with Gasteiger partial charge in [0.15, 0.2) is 0 Å². The van der Waals surface area contributed by atoms with Gasteiger partial charge in [0.25, 0.3) is 5.91 Å². The maximum absolute atomic E-state index is 13.3. The van der Waals surface area contributed by atoms with Gasteiger partial charge in [-0.1, -0.05) is 42.8 Å². The molecule has 0 bridgehead atoms. The van der Waals surface area contributed by atoms with E-state index in [2.05, 4.69) is 18.7 Å². The van der Waals surface area contributed by atoms with Crippen molar-refractivity contribution in [1.82, 2.24) is 14.9 Å². The molecule has 1 aromatic heterocycles. The molecule has 2 aliphatic rings. The lowest BCUT2D eigenvalue weighted by atomic mass is 9.99. The highest BCUT2D eigenvalue weighted by molar-refractivity contribution is 5.95. The second kappa shape index (κ2) is 9.45. The van der Waals surface area contributed by atoms with E-state index >= 15 is 0 Å². The number of aryl methyl sites for hydroxylation is 2. The molecule has 1 fully saturated rings. The van der Waals surface area contributed by atoms with Crippen molar-refractivity contribution in [3.63, 3.8) is 0 Å². The van der Waals surface area contributed by atoms with Crippen LogP contribution >= 0.6 is 0 Å². The summed E-state index contributed by atoms with van der Waals surface area (Å²) in [4.78, 5) is 27.3. The van der Waals surface area contributed by atoms with Gasteiger partial charge in [0.1, 0.15) is 5.75 Å². The number of fused-ring (bicyclic) bond motifs is 1. The van der Waals surface area contributed by atoms with Gasteiger partial charge in [-0.3, -0.25) is 4.79 Å². The van der Waals surface area contributed by atoms with Crippen LogP contribution in [-0.2, 0) is 13.0 Å². The molecule has 0 radical (unpaired) electrons. The van der Waals surface area contributed by atoms with Gasteiger partial charge in [-0.2, -0.15) is 4.98 Å². The average molecular weight is 457 g/mol. The molecule has 2 aliphatic heterocycles. The molecule has 2 aromatic carbocycles. The number of anilines is 1. The first-order valence-electron chi connectivity index (χ1n) is 12.2. The van der Waals surface area contributed by atoms with Crippen molar-refractivity contribution in [3.05, 3.63) is 76.5 Å². The summed E-state index contributed by atoms with van der Waals surface area (Å²) in [7, 11) is 0. The summed E-state index contributed by atoms with van der Waals surface area (Å²) in [6.45, 7) is 9.34. The maximum atomic E-state index is 13.3. The Labute approximate surface area is 201 Å². The molecule has 0 aliphatic carbocycles. The number of hydrogen-bond donors (Lipinski definition) is 0. The Hall–Kier alpha value is -3.41. The smallest absolute Gasteiger partial charge is 0.254 e. The van der Waals surface area contributed by atoms with Crippen molar-refractivity contribution >= 4 is 11.9 Å². The lowest BCUT2D eigenvalue weighted by Gasteiger charge is -2.33. The third-order valence-corrected chi connectivity index (χ3v) is 6.98. The Morgan fingerprint density at radius 1 is 0.971 bits per heavy atom. The van der Waals surface area contributed by atoms with Gasteiger partial charge in [-0.25, -0.2) is 4.98 Å². The molecule has 176 valence electrons. The third-order valence-electron chi connectivity index (χ3n) is 6.98. The van der Waals surface area contributed by atoms with Crippen LogP contribution in [0.2, 0.25) is 0 Å². The van der Waals surface area contributed by atoms with Crippen LogP contribution in [-0.4, -0.2) is 40.4 Å². The largest absolute Gasteiger partial charge is 0.438 e. The molecule has 5 rings (SSSR count). The average Bonchev–Trinajstić information content (AvgIpc) is 2.85. The fraction of sp³-hybridized carbons (Fsp3) is 0.393. The minimum atomic E-state index is 0.0409. The van der Waals surface area contributed by atoms with Gasteiger partial charge in [0.05, 0.1) is 17.8 Å². The molecular weight excluding hydrogens is 424 g/mol. The number of piperidine rings is 1. The molecule has 34 heavy (non-hydrogen) atoms. The van der Waals surface area contributed by atoms with Crippen molar-refractivity contribution < 1.29 is 9.53 Å². The summed E-state index contributed by atoms with van der Waals surface area (Å²) in [5.74, 6) is 2.82. The summed E-state index contributed by atoms with van der Waals surface area (Å²) >= 11 is 0. The Balaban J connectivity index is 1.48. The zero-order valence-electron chi connectivity index (χ0n) is 20.3. The molecule has 3 heterocycles. The lowest BCUT2D eigenvalue weighted by Crippen LogP contribution is -2.38. The molecule has 0 saturated carbocycles. The molecule has 3 aromatic rings. The van der Waals surface area contributed by atoms with E-state index in [0.29, 0.717) is 25.4 Å². The van der Waals surface area contributed by atoms with Crippen molar-refractivity contribution in [1.29, 1.82) is 0 Å². The van der Waals surface area contributed by atoms with Crippen LogP contribution < -0.4 is 9.64 Å². The minimum absolute atomic E-state index is 0.0409. The molecule has 0 N–H and O–H groups in total. The molecular formula is C28H32N4O2. The molecule has 1 amide bonds.